The molecular weight excluding hydrogens is 412 g/mol. The molecular formula is C25H32N8. The lowest BCUT2D eigenvalue weighted by Crippen LogP contribution is -2.29. The molecule has 0 radical (unpaired) electrons. The molecule has 172 valence electrons. The fourth-order valence-corrected chi connectivity index (χ4v) is 3.84. The van der Waals surface area contributed by atoms with E-state index >= 15 is 0 Å². The lowest BCUT2D eigenvalue weighted by Gasteiger charge is -2.24. The van der Waals surface area contributed by atoms with Crippen LogP contribution in [-0.2, 0) is 6.42 Å². The molecule has 1 aromatic carbocycles. The minimum atomic E-state index is 0.536. The standard InChI is InChI=1S/C25H32N8/c1-6-18-15-27-25(30-24(18)19-16-28-33-10-8-7-9-22(19)33)29-21-14-20(26)23(13-17(21)2)32(5)12-11-31(3)4/h7-10,13-16H,6,11-12,26H2,1-5H3,(H,27,29,30). The predicted molar refractivity (Wildman–Crippen MR) is 136 cm³/mol. The van der Waals surface area contributed by atoms with E-state index in [4.69, 9.17) is 10.7 Å². The maximum atomic E-state index is 6.42. The van der Waals surface area contributed by atoms with E-state index in [0.29, 0.717) is 5.95 Å². The van der Waals surface area contributed by atoms with Crippen molar-refractivity contribution in [3.63, 3.8) is 0 Å². The number of nitrogens with zero attached hydrogens (tertiary/aromatic N) is 6. The fourth-order valence-electron chi connectivity index (χ4n) is 3.84. The number of nitrogens with two attached hydrogens (primary N) is 1. The molecule has 0 saturated heterocycles. The molecule has 33 heavy (non-hydrogen) atoms. The Balaban J connectivity index is 1.65. The van der Waals surface area contributed by atoms with Crippen LogP contribution >= 0.6 is 0 Å². The number of fused-ring (bicyclic) bond motifs is 1. The summed E-state index contributed by atoms with van der Waals surface area (Å²) in [6, 6.07) is 10.1. The van der Waals surface area contributed by atoms with E-state index in [1.165, 1.54) is 0 Å². The number of aryl methyl sites for hydroxylation is 2. The fraction of sp³-hybridized carbons (Fsp3) is 0.320. The van der Waals surface area contributed by atoms with Gasteiger partial charge in [0.2, 0.25) is 5.95 Å². The minimum absolute atomic E-state index is 0.536. The Hall–Kier alpha value is -3.65. The number of rotatable bonds is 8. The summed E-state index contributed by atoms with van der Waals surface area (Å²) in [7, 11) is 6.21. The highest BCUT2D eigenvalue weighted by Gasteiger charge is 2.15. The third-order valence-electron chi connectivity index (χ3n) is 5.84. The number of pyridine rings is 1. The molecule has 0 saturated carbocycles. The molecule has 0 aliphatic heterocycles. The van der Waals surface area contributed by atoms with Crippen molar-refractivity contribution in [2.75, 3.05) is 50.2 Å². The number of hydrogen-bond acceptors (Lipinski definition) is 7. The molecule has 0 bridgehead atoms. The molecule has 3 heterocycles. The summed E-state index contributed by atoms with van der Waals surface area (Å²) in [6.07, 6.45) is 6.52. The van der Waals surface area contributed by atoms with Gasteiger partial charge < -0.3 is 20.9 Å². The van der Waals surface area contributed by atoms with Crippen LogP contribution < -0.4 is 16.0 Å². The smallest absolute Gasteiger partial charge is 0.227 e. The third-order valence-corrected chi connectivity index (χ3v) is 5.84. The van der Waals surface area contributed by atoms with Crippen molar-refractivity contribution in [1.82, 2.24) is 24.5 Å². The monoisotopic (exact) mass is 444 g/mol. The van der Waals surface area contributed by atoms with Crippen molar-refractivity contribution in [1.29, 1.82) is 0 Å². The zero-order chi connectivity index (χ0) is 23.5. The van der Waals surface area contributed by atoms with Crippen LogP contribution in [0.1, 0.15) is 18.1 Å². The number of hydrogen-bond donors (Lipinski definition) is 2. The Morgan fingerprint density at radius 1 is 1.09 bits per heavy atom. The second-order valence-corrected chi connectivity index (χ2v) is 8.59. The largest absolute Gasteiger partial charge is 0.397 e. The van der Waals surface area contributed by atoms with Crippen LogP contribution in [-0.4, -0.2) is 58.7 Å². The molecule has 3 N–H and O–H groups in total. The van der Waals surface area contributed by atoms with E-state index in [2.05, 4.69) is 66.3 Å². The maximum absolute atomic E-state index is 6.42. The highest BCUT2D eigenvalue weighted by molar-refractivity contribution is 5.80. The van der Waals surface area contributed by atoms with E-state index < -0.39 is 0 Å². The van der Waals surface area contributed by atoms with Crippen molar-refractivity contribution < 1.29 is 0 Å². The summed E-state index contributed by atoms with van der Waals surface area (Å²) in [5, 5.41) is 7.85. The Bertz CT molecular complexity index is 1260. The Morgan fingerprint density at radius 3 is 2.67 bits per heavy atom. The predicted octanol–water partition coefficient (Wildman–Crippen LogP) is 3.99. The number of likely N-dealkylation sites (N-methyl/N-ethyl adjacent to an activating group) is 2. The molecule has 0 aliphatic carbocycles. The van der Waals surface area contributed by atoms with Gasteiger partial charge in [0, 0.05) is 43.8 Å². The molecule has 4 rings (SSSR count). The van der Waals surface area contributed by atoms with Crippen LogP contribution in [0.2, 0.25) is 0 Å². The van der Waals surface area contributed by atoms with Gasteiger partial charge in [-0.2, -0.15) is 5.10 Å². The molecule has 0 amide bonds. The van der Waals surface area contributed by atoms with Crippen LogP contribution in [0.3, 0.4) is 0 Å². The molecule has 3 aromatic heterocycles. The second kappa shape index (κ2) is 9.46. The highest BCUT2D eigenvalue weighted by atomic mass is 15.2. The maximum Gasteiger partial charge on any atom is 0.227 e. The first-order chi connectivity index (χ1) is 15.9. The molecule has 0 fully saturated rings. The van der Waals surface area contributed by atoms with Gasteiger partial charge >= 0.3 is 0 Å². The molecule has 8 heteroatoms. The quantitative estimate of drug-likeness (QED) is 0.397. The average molecular weight is 445 g/mol. The van der Waals surface area contributed by atoms with Crippen LogP contribution in [0, 0.1) is 6.92 Å². The van der Waals surface area contributed by atoms with Crippen LogP contribution in [0.15, 0.2) is 48.9 Å². The summed E-state index contributed by atoms with van der Waals surface area (Å²) in [6.45, 7) is 6.03. The number of nitrogen functional groups attached to an aromatic ring is 1. The van der Waals surface area contributed by atoms with Gasteiger partial charge in [0.05, 0.1) is 28.8 Å². The second-order valence-electron chi connectivity index (χ2n) is 8.59. The average Bonchev–Trinajstić information content (AvgIpc) is 3.23. The first kappa shape index (κ1) is 22.5. The van der Waals surface area contributed by atoms with Crippen molar-refractivity contribution in [2.45, 2.75) is 20.3 Å². The van der Waals surface area contributed by atoms with E-state index in [1.54, 1.807) is 0 Å². The molecule has 0 unspecified atom stereocenters. The van der Waals surface area contributed by atoms with E-state index in [0.717, 1.165) is 64.5 Å². The zero-order valence-corrected chi connectivity index (χ0v) is 20.0. The van der Waals surface area contributed by atoms with E-state index in [9.17, 15) is 0 Å². The summed E-state index contributed by atoms with van der Waals surface area (Å²) < 4.78 is 1.86. The number of nitrogens with one attached hydrogen (secondary N) is 1. The third kappa shape index (κ3) is 4.75. The van der Waals surface area contributed by atoms with Gasteiger partial charge in [-0.15, -0.1) is 0 Å². The van der Waals surface area contributed by atoms with Gasteiger partial charge in [-0.3, -0.25) is 0 Å². The van der Waals surface area contributed by atoms with Gasteiger partial charge in [-0.05, 0) is 62.8 Å². The molecule has 8 nitrogen and oxygen atoms in total. The van der Waals surface area contributed by atoms with Crippen molar-refractivity contribution in [2.24, 2.45) is 0 Å². The molecule has 4 aromatic rings. The van der Waals surface area contributed by atoms with Crippen LogP contribution in [0.5, 0.6) is 0 Å². The summed E-state index contributed by atoms with van der Waals surface area (Å²) in [5.41, 5.74) is 14.1. The van der Waals surface area contributed by atoms with Gasteiger partial charge in [0.25, 0.3) is 0 Å². The minimum Gasteiger partial charge on any atom is -0.397 e. The molecule has 0 atom stereocenters. The van der Waals surface area contributed by atoms with E-state index in [1.807, 2.05) is 47.4 Å². The summed E-state index contributed by atoms with van der Waals surface area (Å²) in [4.78, 5) is 13.8. The van der Waals surface area contributed by atoms with E-state index in [-0.39, 0.29) is 0 Å². The zero-order valence-electron chi connectivity index (χ0n) is 20.0. The summed E-state index contributed by atoms with van der Waals surface area (Å²) >= 11 is 0. The molecule has 0 aliphatic rings. The van der Waals surface area contributed by atoms with Crippen molar-refractivity contribution >= 4 is 28.5 Å². The highest BCUT2D eigenvalue weighted by Crippen LogP contribution is 2.32. The Morgan fingerprint density at radius 2 is 1.91 bits per heavy atom. The normalized spacial score (nSPS) is 11.3. The SMILES string of the molecule is CCc1cnc(Nc2cc(N)c(N(C)CCN(C)C)cc2C)nc1-c1cnn2ccccc12. The topological polar surface area (TPSA) is 87.6 Å². The van der Waals surface area contributed by atoms with Crippen LogP contribution in [0.4, 0.5) is 23.0 Å². The number of anilines is 4. The lowest BCUT2D eigenvalue weighted by molar-refractivity contribution is 0.416. The number of aromatic nitrogens is 4. The Labute approximate surface area is 195 Å². The Kier molecular flexibility index (Phi) is 6.46. The van der Waals surface area contributed by atoms with Gasteiger partial charge in [0.1, 0.15) is 0 Å². The van der Waals surface area contributed by atoms with Crippen LogP contribution in [0.25, 0.3) is 16.8 Å². The number of benzene rings is 1. The first-order valence-electron chi connectivity index (χ1n) is 11.2. The van der Waals surface area contributed by atoms with Crippen molar-refractivity contribution in [3.05, 3.63) is 60.0 Å². The van der Waals surface area contributed by atoms with Gasteiger partial charge in [0.15, 0.2) is 0 Å². The molecule has 0 spiro atoms. The van der Waals surface area contributed by atoms with Gasteiger partial charge in [-0.1, -0.05) is 13.0 Å². The van der Waals surface area contributed by atoms with Gasteiger partial charge in [-0.25, -0.2) is 14.5 Å². The van der Waals surface area contributed by atoms with Crippen molar-refractivity contribution in [3.8, 4) is 11.3 Å². The summed E-state index contributed by atoms with van der Waals surface area (Å²) in [5.74, 6) is 0.536. The first-order valence-corrected chi connectivity index (χ1v) is 11.2. The lowest BCUT2D eigenvalue weighted by atomic mass is 10.1.